The molecule has 2 aromatic carbocycles. The van der Waals surface area contributed by atoms with Crippen molar-refractivity contribution in [2.75, 3.05) is 18.5 Å². The number of alkyl halides is 3. The minimum atomic E-state index is -4.73. The average Bonchev–Trinajstić information content (AvgIpc) is 2.67. The molecule has 0 saturated carbocycles. The Morgan fingerprint density at radius 2 is 1.81 bits per heavy atom. The predicted octanol–water partition coefficient (Wildman–Crippen LogP) is 3.44. The van der Waals surface area contributed by atoms with Crippen LogP contribution in [0.5, 0.6) is 0 Å². The van der Waals surface area contributed by atoms with E-state index < -0.39 is 51.7 Å². The summed E-state index contributed by atoms with van der Waals surface area (Å²) in [5.41, 5.74) is 0.775. The molecule has 0 atom stereocenters. The third-order valence-electron chi connectivity index (χ3n) is 3.94. The largest absolute Gasteiger partial charge is 0.455 e. The summed E-state index contributed by atoms with van der Waals surface area (Å²) in [5.74, 6) is -1.81. The molecule has 0 aliphatic carbocycles. The van der Waals surface area contributed by atoms with Crippen molar-refractivity contribution < 1.29 is 35.9 Å². The van der Waals surface area contributed by atoms with Gasteiger partial charge in [-0.15, -0.1) is 0 Å². The highest BCUT2D eigenvalue weighted by Crippen LogP contribution is 2.30. The summed E-state index contributed by atoms with van der Waals surface area (Å²) in [5, 5.41) is 2.78. The van der Waals surface area contributed by atoms with Gasteiger partial charge < -0.3 is 10.1 Å². The Morgan fingerprint density at radius 3 is 2.42 bits per heavy atom. The smallest absolute Gasteiger partial charge is 0.416 e. The standard InChI is InChI=1S/C19H18ClF3N2O5S/c1-11-6-12(2)18(15(20)7-11)25-16(26)10-30-17(27)9-24-31(28,29)14-5-3-4-13(8-14)19(21,22)23/h3-8,24H,9-10H2,1-2H3,(H,25,26). The normalized spacial score (nSPS) is 11.8. The molecule has 12 heteroatoms. The van der Waals surface area contributed by atoms with E-state index in [0.29, 0.717) is 28.4 Å². The van der Waals surface area contributed by atoms with E-state index in [-0.39, 0.29) is 0 Å². The van der Waals surface area contributed by atoms with Crippen molar-refractivity contribution >= 4 is 39.2 Å². The number of amides is 1. The number of benzene rings is 2. The molecule has 2 rings (SSSR count). The molecule has 1 amide bonds. The molecule has 0 aliphatic heterocycles. The Labute approximate surface area is 181 Å². The molecule has 2 N–H and O–H groups in total. The van der Waals surface area contributed by atoms with Crippen LogP contribution in [0.1, 0.15) is 16.7 Å². The van der Waals surface area contributed by atoms with Gasteiger partial charge in [0.2, 0.25) is 10.0 Å². The molecule has 0 aromatic heterocycles. The van der Waals surface area contributed by atoms with Crippen LogP contribution in [-0.4, -0.2) is 33.4 Å². The fraction of sp³-hybridized carbons (Fsp3) is 0.263. The SMILES string of the molecule is Cc1cc(C)c(NC(=O)COC(=O)CNS(=O)(=O)c2cccc(C(F)(F)F)c2)c(Cl)c1. The number of esters is 1. The first-order valence-electron chi connectivity index (χ1n) is 8.69. The first-order valence-corrected chi connectivity index (χ1v) is 10.5. The predicted molar refractivity (Wildman–Crippen MR) is 107 cm³/mol. The molecular weight excluding hydrogens is 461 g/mol. The van der Waals surface area contributed by atoms with Gasteiger partial charge in [0.05, 0.1) is 21.2 Å². The number of sulfonamides is 1. The van der Waals surface area contributed by atoms with E-state index >= 15 is 0 Å². The molecule has 0 bridgehead atoms. The van der Waals surface area contributed by atoms with Crippen molar-refractivity contribution in [3.63, 3.8) is 0 Å². The van der Waals surface area contributed by atoms with Crippen molar-refractivity contribution in [1.82, 2.24) is 4.72 Å². The number of aryl methyl sites for hydroxylation is 2. The third kappa shape index (κ3) is 6.94. The second kappa shape index (κ2) is 9.67. The number of carbonyl (C=O) groups excluding carboxylic acids is 2. The molecule has 168 valence electrons. The quantitative estimate of drug-likeness (QED) is 0.594. The monoisotopic (exact) mass is 478 g/mol. The lowest BCUT2D eigenvalue weighted by atomic mass is 10.1. The van der Waals surface area contributed by atoms with Gasteiger partial charge in [0.25, 0.3) is 5.91 Å². The summed E-state index contributed by atoms with van der Waals surface area (Å²) in [6.45, 7) is 1.96. The van der Waals surface area contributed by atoms with E-state index in [9.17, 15) is 31.2 Å². The molecule has 0 saturated heterocycles. The van der Waals surface area contributed by atoms with Crippen molar-refractivity contribution in [2.45, 2.75) is 24.9 Å². The average molecular weight is 479 g/mol. The van der Waals surface area contributed by atoms with Crippen LogP contribution in [0.3, 0.4) is 0 Å². The third-order valence-corrected chi connectivity index (χ3v) is 5.64. The number of carbonyl (C=O) groups is 2. The van der Waals surface area contributed by atoms with Crippen molar-refractivity contribution in [2.24, 2.45) is 0 Å². The number of hydrogen-bond acceptors (Lipinski definition) is 5. The van der Waals surface area contributed by atoms with Crippen molar-refractivity contribution in [1.29, 1.82) is 0 Å². The molecule has 0 unspecified atom stereocenters. The Hall–Kier alpha value is -2.63. The van der Waals surface area contributed by atoms with Gasteiger partial charge in [-0.25, -0.2) is 8.42 Å². The highest BCUT2D eigenvalue weighted by Gasteiger charge is 2.31. The van der Waals surface area contributed by atoms with Crippen LogP contribution >= 0.6 is 11.6 Å². The zero-order valence-electron chi connectivity index (χ0n) is 16.3. The van der Waals surface area contributed by atoms with Crippen LogP contribution in [0.2, 0.25) is 5.02 Å². The fourth-order valence-electron chi connectivity index (χ4n) is 2.52. The lowest BCUT2D eigenvalue weighted by Gasteiger charge is -2.12. The maximum absolute atomic E-state index is 12.7. The molecule has 31 heavy (non-hydrogen) atoms. The maximum atomic E-state index is 12.7. The Kier molecular flexibility index (Phi) is 7.68. The minimum absolute atomic E-state index is 0.297. The number of hydrogen-bond donors (Lipinski definition) is 2. The summed E-state index contributed by atoms with van der Waals surface area (Å²) in [6, 6.07) is 6.46. The fourth-order valence-corrected chi connectivity index (χ4v) is 3.91. The van der Waals surface area contributed by atoms with Crippen LogP contribution < -0.4 is 10.0 Å². The van der Waals surface area contributed by atoms with Gasteiger partial charge in [-0.3, -0.25) is 9.59 Å². The first-order chi connectivity index (χ1) is 14.3. The summed E-state index contributed by atoms with van der Waals surface area (Å²) in [7, 11) is -4.41. The maximum Gasteiger partial charge on any atom is 0.416 e. The summed E-state index contributed by atoms with van der Waals surface area (Å²) >= 11 is 6.07. The molecule has 0 spiro atoms. The van der Waals surface area contributed by atoms with Crippen LogP contribution in [0.4, 0.5) is 18.9 Å². The van der Waals surface area contributed by atoms with Gasteiger partial charge in [0.1, 0.15) is 6.54 Å². The van der Waals surface area contributed by atoms with Gasteiger partial charge in [0.15, 0.2) is 6.61 Å². The number of nitrogens with one attached hydrogen (secondary N) is 2. The van der Waals surface area contributed by atoms with Crippen molar-refractivity contribution in [3.8, 4) is 0 Å². The lowest BCUT2D eigenvalue weighted by molar-refractivity contribution is -0.146. The Bertz CT molecular complexity index is 1080. The summed E-state index contributed by atoms with van der Waals surface area (Å²) in [4.78, 5) is 23.0. The first kappa shape index (κ1) is 24.6. The molecular formula is C19H18ClF3N2O5S. The molecule has 0 fully saturated rings. The summed E-state index contributed by atoms with van der Waals surface area (Å²) < 4.78 is 69.0. The number of halogens is 4. The van der Waals surface area contributed by atoms with Gasteiger partial charge >= 0.3 is 12.1 Å². The topological polar surface area (TPSA) is 102 Å². The van der Waals surface area contributed by atoms with Gasteiger partial charge in [0, 0.05) is 0 Å². The van der Waals surface area contributed by atoms with E-state index in [2.05, 4.69) is 10.1 Å². The van der Waals surface area contributed by atoms with E-state index in [4.69, 9.17) is 11.6 Å². The van der Waals surface area contributed by atoms with Crippen LogP contribution in [0, 0.1) is 13.8 Å². The molecule has 0 heterocycles. The highest BCUT2D eigenvalue weighted by molar-refractivity contribution is 7.89. The number of ether oxygens (including phenoxy) is 1. The Balaban J connectivity index is 1.91. The molecule has 2 aromatic rings. The van der Waals surface area contributed by atoms with E-state index in [1.54, 1.807) is 19.1 Å². The van der Waals surface area contributed by atoms with Crippen LogP contribution in [0.25, 0.3) is 0 Å². The number of anilines is 1. The van der Waals surface area contributed by atoms with Gasteiger partial charge in [-0.2, -0.15) is 17.9 Å². The minimum Gasteiger partial charge on any atom is -0.455 e. The molecule has 0 aliphatic rings. The van der Waals surface area contributed by atoms with Crippen LogP contribution in [0.15, 0.2) is 41.3 Å². The highest BCUT2D eigenvalue weighted by atomic mass is 35.5. The lowest BCUT2D eigenvalue weighted by Crippen LogP contribution is -2.32. The van der Waals surface area contributed by atoms with Crippen LogP contribution in [-0.2, 0) is 30.5 Å². The van der Waals surface area contributed by atoms with Gasteiger partial charge in [-0.1, -0.05) is 23.7 Å². The Morgan fingerprint density at radius 1 is 1.13 bits per heavy atom. The van der Waals surface area contributed by atoms with Crippen molar-refractivity contribution in [3.05, 3.63) is 58.1 Å². The zero-order valence-corrected chi connectivity index (χ0v) is 17.9. The van der Waals surface area contributed by atoms with Gasteiger partial charge in [-0.05, 0) is 49.2 Å². The zero-order chi connectivity index (χ0) is 23.4. The summed E-state index contributed by atoms with van der Waals surface area (Å²) in [6.07, 6.45) is -4.73. The molecule has 0 radical (unpaired) electrons. The van der Waals surface area contributed by atoms with E-state index in [1.807, 2.05) is 11.6 Å². The van der Waals surface area contributed by atoms with E-state index in [0.717, 1.165) is 17.7 Å². The van der Waals surface area contributed by atoms with E-state index in [1.165, 1.54) is 0 Å². The number of rotatable bonds is 7. The molecule has 7 nitrogen and oxygen atoms in total. The second-order valence-corrected chi connectivity index (χ2v) is 8.67. The second-order valence-electron chi connectivity index (χ2n) is 6.50.